The van der Waals surface area contributed by atoms with Gasteiger partial charge in [0.05, 0.1) is 17.7 Å². The Labute approximate surface area is 121 Å². The van der Waals surface area contributed by atoms with E-state index in [1.165, 1.54) is 0 Å². The Morgan fingerprint density at radius 3 is 3.00 bits per heavy atom. The van der Waals surface area contributed by atoms with Crippen LogP contribution in [0.5, 0.6) is 0 Å². The average Bonchev–Trinajstić information content (AvgIpc) is 2.43. The number of pyridine rings is 1. The SMILES string of the molecule is CC(CCS(C)=O)NC(=O)c1ccncc1C#CCN. The first-order valence-electron chi connectivity index (χ1n) is 6.28. The standard InChI is InChI=1S/C14H19N3O2S/c1-11(6-9-20(2)19)17-14(18)13-5-8-16-10-12(13)4-3-7-15/h5,8,10-11H,6-7,9,15H2,1-2H3,(H,17,18). The van der Waals surface area contributed by atoms with Crippen LogP contribution in [0.15, 0.2) is 18.5 Å². The summed E-state index contributed by atoms with van der Waals surface area (Å²) in [7, 11) is -0.852. The van der Waals surface area contributed by atoms with E-state index in [-0.39, 0.29) is 18.5 Å². The first-order chi connectivity index (χ1) is 9.54. The van der Waals surface area contributed by atoms with Crippen molar-refractivity contribution in [3.8, 4) is 11.8 Å². The van der Waals surface area contributed by atoms with Crippen LogP contribution in [0.25, 0.3) is 0 Å². The molecule has 1 amide bonds. The van der Waals surface area contributed by atoms with Gasteiger partial charge in [0.15, 0.2) is 0 Å². The van der Waals surface area contributed by atoms with Gasteiger partial charge in [-0.1, -0.05) is 11.8 Å². The molecule has 0 radical (unpaired) electrons. The van der Waals surface area contributed by atoms with Crippen molar-refractivity contribution < 1.29 is 9.00 Å². The summed E-state index contributed by atoms with van der Waals surface area (Å²) in [6.45, 7) is 2.12. The molecule has 6 heteroatoms. The van der Waals surface area contributed by atoms with E-state index in [1.54, 1.807) is 24.7 Å². The van der Waals surface area contributed by atoms with Gasteiger partial charge >= 0.3 is 0 Å². The molecule has 0 aromatic carbocycles. The third-order valence-electron chi connectivity index (χ3n) is 2.61. The molecule has 0 bridgehead atoms. The predicted molar refractivity (Wildman–Crippen MR) is 80.6 cm³/mol. The zero-order valence-corrected chi connectivity index (χ0v) is 12.5. The Kier molecular flexibility index (Phi) is 6.91. The lowest BCUT2D eigenvalue weighted by atomic mass is 10.1. The molecule has 5 nitrogen and oxygen atoms in total. The zero-order chi connectivity index (χ0) is 15.0. The number of aromatic nitrogens is 1. The Balaban J connectivity index is 2.74. The van der Waals surface area contributed by atoms with Gasteiger partial charge in [-0.25, -0.2) is 0 Å². The minimum absolute atomic E-state index is 0.0464. The molecule has 0 saturated heterocycles. The highest BCUT2D eigenvalue weighted by atomic mass is 32.2. The minimum Gasteiger partial charge on any atom is -0.350 e. The maximum atomic E-state index is 12.2. The lowest BCUT2D eigenvalue weighted by Crippen LogP contribution is -2.34. The summed E-state index contributed by atoms with van der Waals surface area (Å²) in [5, 5.41) is 2.87. The van der Waals surface area contributed by atoms with Crippen molar-refractivity contribution >= 4 is 16.7 Å². The topological polar surface area (TPSA) is 85.1 Å². The fourth-order valence-electron chi connectivity index (χ4n) is 1.55. The van der Waals surface area contributed by atoms with Crippen LogP contribution in [0, 0.1) is 11.8 Å². The van der Waals surface area contributed by atoms with E-state index in [0.29, 0.717) is 23.3 Å². The van der Waals surface area contributed by atoms with Gasteiger partial charge in [0.25, 0.3) is 5.91 Å². The third kappa shape index (κ3) is 5.51. The minimum atomic E-state index is -0.852. The molecule has 0 aliphatic rings. The molecule has 1 aromatic rings. The molecule has 0 fully saturated rings. The van der Waals surface area contributed by atoms with E-state index in [2.05, 4.69) is 22.1 Å². The number of hydrogen-bond donors (Lipinski definition) is 2. The summed E-state index contributed by atoms with van der Waals surface area (Å²) in [6, 6.07) is 1.58. The van der Waals surface area contributed by atoms with Gasteiger partial charge in [-0.3, -0.25) is 14.0 Å². The number of carbonyl (C=O) groups excluding carboxylic acids is 1. The molecule has 2 unspecified atom stereocenters. The van der Waals surface area contributed by atoms with E-state index in [9.17, 15) is 9.00 Å². The monoisotopic (exact) mass is 293 g/mol. The van der Waals surface area contributed by atoms with Crippen molar-refractivity contribution in [3.05, 3.63) is 29.6 Å². The average molecular weight is 293 g/mol. The molecular formula is C14H19N3O2S. The van der Waals surface area contributed by atoms with Crippen LogP contribution in [-0.2, 0) is 10.8 Å². The van der Waals surface area contributed by atoms with Gasteiger partial charge in [-0.2, -0.15) is 0 Å². The molecule has 1 rings (SSSR count). The second-order valence-electron chi connectivity index (χ2n) is 4.37. The predicted octanol–water partition coefficient (Wildman–Crippen LogP) is 0.279. The highest BCUT2D eigenvalue weighted by Gasteiger charge is 2.13. The molecule has 1 aromatic heterocycles. The fourth-order valence-corrected chi connectivity index (χ4v) is 2.24. The van der Waals surface area contributed by atoms with Crippen LogP contribution in [0.3, 0.4) is 0 Å². The van der Waals surface area contributed by atoms with Crippen LogP contribution in [-0.4, -0.2) is 39.7 Å². The summed E-state index contributed by atoms with van der Waals surface area (Å²) in [5.41, 5.74) is 6.36. The van der Waals surface area contributed by atoms with Crippen LogP contribution >= 0.6 is 0 Å². The van der Waals surface area contributed by atoms with Gasteiger partial charge in [0, 0.05) is 41.2 Å². The number of rotatable bonds is 5. The second-order valence-corrected chi connectivity index (χ2v) is 5.92. The van der Waals surface area contributed by atoms with Crippen molar-refractivity contribution in [1.82, 2.24) is 10.3 Å². The molecular weight excluding hydrogens is 274 g/mol. The van der Waals surface area contributed by atoms with E-state index in [0.717, 1.165) is 0 Å². The van der Waals surface area contributed by atoms with Crippen molar-refractivity contribution in [2.24, 2.45) is 5.73 Å². The summed E-state index contributed by atoms with van der Waals surface area (Å²) in [6.07, 6.45) is 5.42. The Bertz CT molecular complexity index is 549. The highest BCUT2D eigenvalue weighted by Crippen LogP contribution is 2.06. The van der Waals surface area contributed by atoms with Crippen LogP contribution < -0.4 is 11.1 Å². The van der Waals surface area contributed by atoms with Crippen molar-refractivity contribution in [3.63, 3.8) is 0 Å². The number of nitrogens with zero attached hydrogens (tertiary/aromatic N) is 1. The largest absolute Gasteiger partial charge is 0.350 e. The highest BCUT2D eigenvalue weighted by molar-refractivity contribution is 7.84. The molecule has 0 aliphatic carbocycles. The summed E-state index contributed by atoms with van der Waals surface area (Å²) >= 11 is 0. The van der Waals surface area contributed by atoms with Gasteiger partial charge in [0.2, 0.25) is 0 Å². The lowest BCUT2D eigenvalue weighted by molar-refractivity contribution is 0.0939. The van der Waals surface area contributed by atoms with Crippen molar-refractivity contribution in [2.75, 3.05) is 18.6 Å². The summed E-state index contributed by atoms with van der Waals surface area (Å²) in [5.74, 6) is 5.90. The van der Waals surface area contributed by atoms with Crippen LogP contribution in [0.2, 0.25) is 0 Å². The van der Waals surface area contributed by atoms with Crippen LogP contribution in [0.1, 0.15) is 29.3 Å². The number of nitrogens with one attached hydrogen (secondary N) is 1. The fraction of sp³-hybridized carbons (Fsp3) is 0.429. The molecule has 3 N–H and O–H groups in total. The molecule has 0 spiro atoms. The first-order valence-corrected chi connectivity index (χ1v) is 8.01. The first kappa shape index (κ1) is 16.3. The third-order valence-corrected chi connectivity index (χ3v) is 3.42. The van der Waals surface area contributed by atoms with E-state index in [1.807, 2.05) is 6.92 Å². The number of hydrogen-bond acceptors (Lipinski definition) is 4. The lowest BCUT2D eigenvalue weighted by Gasteiger charge is -2.13. The molecule has 20 heavy (non-hydrogen) atoms. The maximum Gasteiger partial charge on any atom is 0.252 e. The number of nitrogens with two attached hydrogens (primary N) is 1. The van der Waals surface area contributed by atoms with Gasteiger partial charge < -0.3 is 11.1 Å². The van der Waals surface area contributed by atoms with E-state index < -0.39 is 10.8 Å². The number of amides is 1. The molecule has 0 saturated carbocycles. The van der Waals surface area contributed by atoms with E-state index in [4.69, 9.17) is 5.73 Å². The maximum absolute atomic E-state index is 12.2. The van der Waals surface area contributed by atoms with Gasteiger partial charge in [-0.15, -0.1) is 0 Å². The molecule has 2 atom stereocenters. The summed E-state index contributed by atoms with van der Waals surface area (Å²) < 4.78 is 11.0. The van der Waals surface area contributed by atoms with Gasteiger partial charge in [0.1, 0.15) is 0 Å². The van der Waals surface area contributed by atoms with Gasteiger partial charge in [-0.05, 0) is 19.4 Å². The van der Waals surface area contributed by atoms with E-state index >= 15 is 0 Å². The number of carbonyl (C=O) groups is 1. The molecule has 0 aliphatic heterocycles. The normalized spacial score (nSPS) is 12.9. The Morgan fingerprint density at radius 2 is 2.35 bits per heavy atom. The smallest absolute Gasteiger partial charge is 0.252 e. The van der Waals surface area contributed by atoms with Crippen LogP contribution in [0.4, 0.5) is 0 Å². The second kappa shape index (κ2) is 8.46. The van der Waals surface area contributed by atoms with Crippen molar-refractivity contribution in [1.29, 1.82) is 0 Å². The summed E-state index contributed by atoms with van der Waals surface area (Å²) in [4.78, 5) is 16.1. The zero-order valence-electron chi connectivity index (χ0n) is 11.7. The molecule has 1 heterocycles. The molecule has 108 valence electrons. The Hall–Kier alpha value is -1.71. The van der Waals surface area contributed by atoms with Crippen molar-refractivity contribution in [2.45, 2.75) is 19.4 Å². The quantitative estimate of drug-likeness (QED) is 0.764. The Morgan fingerprint density at radius 1 is 1.60 bits per heavy atom.